The van der Waals surface area contributed by atoms with E-state index in [4.69, 9.17) is 0 Å². The number of nitrogens with one attached hydrogen (secondary N) is 1. The van der Waals surface area contributed by atoms with Crippen molar-refractivity contribution in [3.63, 3.8) is 0 Å². The third kappa shape index (κ3) is 3.35. The zero-order chi connectivity index (χ0) is 10.4. The van der Waals surface area contributed by atoms with Gasteiger partial charge in [0.2, 0.25) is 0 Å². The van der Waals surface area contributed by atoms with Crippen LogP contribution in [0.4, 0.5) is 10.5 Å². The quantitative estimate of drug-likeness (QED) is 0.594. The number of hydrogen-bond acceptors (Lipinski definition) is 4. The van der Waals surface area contributed by atoms with Crippen LogP contribution in [0.5, 0.6) is 0 Å². The first-order chi connectivity index (χ1) is 6.72. The lowest BCUT2D eigenvalue weighted by Gasteiger charge is -2.06. The van der Waals surface area contributed by atoms with Gasteiger partial charge in [0.15, 0.2) is 0 Å². The van der Waals surface area contributed by atoms with E-state index in [0.29, 0.717) is 6.61 Å². The number of anilines is 1. The summed E-state index contributed by atoms with van der Waals surface area (Å²) in [6.45, 7) is 3.97. The number of benzene rings is 1. The van der Waals surface area contributed by atoms with Gasteiger partial charge in [0.05, 0.1) is 12.3 Å². The molecule has 0 amide bonds. The van der Waals surface area contributed by atoms with Crippen LogP contribution in [-0.4, -0.2) is 12.8 Å². The molecule has 0 heterocycles. The number of aryl methyl sites for hydroxylation is 1. The molecule has 0 spiro atoms. The molecule has 76 valence electrons. The molecule has 14 heavy (non-hydrogen) atoms. The zero-order valence-corrected chi connectivity index (χ0v) is 8.24. The van der Waals surface area contributed by atoms with Gasteiger partial charge in [0, 0.05) is 0 Å². The van der Waals surface area contributed by atoms with Crippen molar-refractivity contribution >= 4 is 11.8 Å². The smallest absolute Gasteiger partial charge is 0.433 e. The van der Waals surface area contributed by atoms with Gasteiger partial charge in [-0.3, -0.25) is 0 Å². The molecule has 0 saturated carbocycles. The maximum absolute atomic E-state index is 10.8. The normalized spacial score (nSPS) is 9.29. The topological polar surface area (TPSA) is 47.6 Å². The fourth-order valence-electron chi connectivity index (χ4n) is 0.956. The highest BCUT2D eigenvalue weighted by atomic mass is 16.8. The van der Waals surface area contributed by atoms with E-state index in [9.17, 15) is 4.79 Å². The molecule has 0 aliphatic rings. The van der Waals surface area contributed by atoms with Gasteiger partial charge in [0.1, 0.15) is 0 Å². The third-order valence-corrected chi connectivity index (χ3v) is 1.53. The van der Waals surface area contributed by atoms with Crippen LogP contribution in [0.1, 0.15) is 12.5 Å². The molecule has 0 atom stereocenters. The van der Waals surface area contributed by atoms with Gasteiger partial charge < -0.3 is 9.57 Å². The van der Waals surface area contributed by atoms with Crippen LogP contribution < -0.4 is 5.48 Å². The number of carbonyl (C=O) groups excluding carboxylic acids is 1. The summed E-state index contributed by atoms with van der Waals surface area (Å²) in [5, 5.41) is 0. The summed E-state index contributed by atoms with van der Waals surface area (Å²) in [6, 6.07) is 7.48. The molecule has 0 aliphatic carbocycles. The number of rotatable bonds is 3. The van der Waals surface area contributed by atoms with Crippen molar-refractivity contribution in [1.82, 2.24) is 0 Å². The molecule has 1 N–H and O–H groups in total. The Hall–Kier alpha value is -1.71. The second-order valence-corrected chi connectivity index (χ2v) is 2.76. The standard InChI is InChI=1S/C10H13NO3/c1-3-13-10(12)14-11-9-6-4-5-8(2)7-9/h4-7,11H,3H2,1-2H3. The first-order valence-corrected chi connectivity index (χ1v) is 4.38. The maximum atomic E-state index is 10.8. The minimum absolute atomic E-state index is 0.300. The molecular weight excluding hydrogens is 182 g/mol. The SMILES string of the molecule is CCOC(=O)ONc1cccc(C)c1. The van der Waals surface area contributed by atoms with Gasteiger partial charge in [-0.15, -0.1) is 0 Å². The summed E-state index contributed by atoms with van der Waals surface area (Å²) < 4.78 is 4.57. The van der Waals surface area contributed by atoms with Crippen molar-refractivity contribution in [3.05, 3.63) is 29.8 Å². The molecule has 1 aromatic carbocycles. The molecule has 1 aromatic rings. The van der Waals surface area contributed by atoms with Crippen LogP contribution in [-0.2, 0) is 9.57 Å². The third-order valence-electron chi connectivity index (χ3n) is 1.53. The van der Waals surface area contributed by atoms with Crippen molar-refractivity contribution in [1.29, 1.82) is 0 Å². The van der Waals surface area contributed by atoms with E-state index in [-0.39, 0.29) is 0 Å². The Bertz CT molecular complexity index is 312. The molecule has 0 aliphatic heterocycles. The summed E-state index contributed by atoms with van der Waals surface area (Å²) in [7, 11) is 0. The largest absolute Gasteiger partial charge is 0.533 e. The van der Waals surface area contributed by atoms with E-state index in [0.717, 1.165) is 11.3 Å². The lowest BCUT2D eigenvalue weighted by molar-refractivity contribution is 0.0762. The highest BCUT2D eigenvalue weighted by Gasteiger charge is 2.01. The molecule has 0 unspecified atom stereocenters. The van der Waals surface area contributed by atoms with Gasteiger partial charge in [-0.1, -0.05) is 12.1 Å². The van der Waals surface area contributed by atoms with Crippen molar-refractivity contribution < 1.29 is 14.4 Å². The molecular formula is C10H13NO3. The minimum atomic E-state index is -0.728. The van der Waals surface area contributed by atoms with Crippen LogP contribution in [0.2, 0.25) is 0 Å². The van der Waals surface area contributed by atoms with E-state index in [2.05, 4.69) is 15.1 Å². The fraction of sp³-hybridized carbons (Fsp3) is 0.300. The summed E-state index contributed by atoms with van der Waals surface area (Å²) in [6.07, 6.45) is -0.728. The van der Waals surface area contributed by atoms with E-state index < -0.39 is 6.16 Å². The van der Waals surface area contributed by atoms with Gasteiger partial charge in [-0.2, -0.15) is 0 Å². The van der Waals surface area contributed by atoms with E-state index in [1.54, 1.807) is 13.0 Å². The first kappa shape index (κ1) is 10.4. The lowest BCUT2D eigenvalue weighted by Crippen LogP contribution is -2.11. The summed E-state index contributed by atoms with van der Waals surface area (Å²) in [5.74, 6) is 0. The van der Waals surface area contributed by atoms with Gasteiger partial charge in [0.25, 0.3) is 0 Å². The molecule has 0 saturated heterocycles. The second kappa shape index (κ2) is 5.11. The van der Waals surface area contributed by atoms with Crippen molar-refractivity contribution in [3.8, 4) is 0 Å². The van der Waals surface area contributed by atoms with Crippen LogP contribution in [0.15, 0.2) is 24.3 Å². The Kier molecular flexibility index (Phi) is 3.79. The molecule has 0 aromatic heterocycles. The summed E-state index contributed by atoms with van der Waals surface area (Å²) in [4.78, 5) is 15.4. The Morgan fingerprint density at radius 1 is 1.50 bits per heavy atom. The molecule has 0 bridgehead atoms. The number of carbonyl (C=O) groups is 1. The van der Waals surface area contributed by atoms with Gasteiger partial charge >= 0.3 is 6.16 Å². The Morgan fingerprint density at radius 3 is 2.93 bits per heavy atom. The molecule has 4 nitrogen and oxygen atoms in total. The van der Waals surface area contributed by atoms with Crippen LogP contribution >= 0.6 is 0 Å². The molecule has 0 radical (unpaired) electrons. The van der Waals surface area contributed by atoms with Crippen LogP contribution in [0, 0.1) is 6.92 Å². The summed E-state index contributed by atoms with van der Waals surface area (Å²) >= 11 is 0. The van der Waals surface area contributed by atoms with Crippen LogP contribution in [0.25, 0.3) is 0 Å². The summed E-state index contributed by atoms with van der Waals surface area (Å²) in [5.41, 5.74) is 4.30. The van der Waals surface area contributed by atoms with Crippen molar-refractivity contribution in [2.24, 2.45) is 0 Å². The van der Waals surface area contributed by atoms with Gasteiger partial charge in [-0.05, 0) is 31.5 Å². The monoisotopic (exact) mass is 195 g/mol. The average Bonchev–Trinajstić information content (AvgIpc) is 2.15. The van der Waals surface area contributed by atoms with Crippen molar-refractivity contribution in [2.75, 3.05) is 12.1 Å². The van der Waals surface area contributed by atoms with E-state index >= 15 is 0 Å². The highest BCUT2D eigenvalue weighted by Crippen LogP contribution is 2.09. The average molecular weight is 195 g/mol. The minimum Gasteiger partial charge on any atom is -0.433 e. The highest BCUT2D eigenvalue weighted by molar-refractivity contribution is 5.61. The number of ether oxygens (including phenoxy) is 1. The number of hydrogen-bond donors (Lipinski definition) is 1. The van der Waals surface area contributed by atoms with E-state index in [1.807, 2.05) is 25.1 Å². The predicted octanol–water partition coefficient (Wildman–Crippen LogP) is 2.50. The molecule has 4 heteroatoms. The Balaban J connectivity index is 2.41. The first-order valence-electron chi connectivity index (χ1n) is 4.38. The Labute approximate surface area is 82.8 Å². The van der Waals surface area contributed by atoms with Gasteiger partial charge in [-0.25, -0.2) is 10.3 Å². The van der Waals surface area contributed by atoms with Crippen molar-refractivity contribution in [2.45, 2.75) is 13.8 Å². The maximum Gasteiger partial charge on any atom is 0.533 e. The predicted molar refractivity (Wildman–Crippen MR) is 52.9 cm³/mol. The van der Waals surface area contributed by atoms with Crippen LogP contribution in [0.3, 0.4) is 0 Å². The Morgan fingerprint density at radius 2 is 2.29 bits per heavy atom. The molecule has 1 rings (SSSR count). The van der Waals surface area contributed by atoms with E-state index in [1.165, 1.54) is 0 Å². The second-order valence-electron chi connectivity index (χ2n) is 2.76. The zero-order valence-electron chi connectivity index (χ0n) is 8.24. The molecule has 0 fully saturated rings. The lowest BCUT2D eigenvalue weighted by atomic mass is 10.2. The fourth-order valence-corrected chi connectivity index (χ4v) is 0.956.